The zero-order valence-corrected chi connectivity index (χ0v) is 41.3. The van der Waals surface area contributed by atoms with Gasteiger partial charge in [0, 0.05) is 0 Å². The van der Waals surface area contributed by atoms with Gasteiger partial charge in [-0.1, -0.05) is 0 Å². The summed E-state index contributed by atoms with van der Waals surface area (Å²) in [7, 11) is 0. The maximum absolute atomic E-state index is 2.57. The van der Waals surface area contributed by atoms with Crippen molar-refractivity contribution in [1.82, 2.24) is 0 Å². The van der Waals surface area contributed by atoms with Crippen LogP contribution >= 0.6 is 22.7 Å². The van der Waals surface area contributed by atoms with Gasteiger partial charge in [0.2, 0.25) is 0 Å². The van der Waals surface area contributed by atoms with Crippen LogP contribution in [0.3, 0.4) is 0 Å². The van der Waals surface area contributed by atoms with Crippen LogP contribution in [0, 0.1) is 0 Å². The molecule has 0 saturated carbocycles. The number of benzene rings is 6. The standard InChI is InChI=1S/2C29H25S.2ClH.Ti/c2*1-29(2,3)24-14-12-20(13-15-24)25-11-7-10-22-18-23(19-26(22)25)28-17-16-27(30-28)21-8-5-4-6-9-21;;;/h2*4-19H,1-3H3;2*1H;/q;;;;+2/p-2. The summed E-state index contributed by atoms with van der Waals surface area (Å²) in [5.41, 5.74) is 19.5. The fourth-order valence-corrected chi connectivity index (χ4v) is 14.7. The van der Waals surface area contributed by atoms with E-state index in [0.717, 1.165) is 0 Å². The number of rotatable bonds is 8. The number of thiophene rings is 2. The summed E-state index contributed by atoms with van der Waals surface area (Å²) in [5.74, 6) is 0. The molecule has 10 rings (SSSR count). The molecule has 0 bridgehead atoms. The molecule has 5 heteroatoms. The molecule has 2 heterocycles. The first-order valence-corrected chi connectivity index (χ1v) is 24.9. The van der Waals surface area contributed by atoms with Crippen LogP contribution in [0.15, 0.2) is 170 Å². The molecule has 6 aromatic carbocycles. The summed E-state index contributed by atoms with van der Waals surface area (Å²) in [6.45, 7) is 13.8. The molecular weight excluding hydrogens is 880 g/mol. The van der Waals surface area contributed by atoms with Crippen molar-refractivity contribution in [3.05, 3.63) is 213 Å². The summed E-state index contributed by atoms with van der Waals surface area (Å²) in [5, 5.41) is 0. The third kappa shape index (κ3) is 8.84. The molecule has 0 aliphatic heterocycles. The Balaban J connectivity index is 0.00000272. The second kappa shape index (κ2) is 18.2. The van der Waals surface area contributed by atoms with Gasteiger partial charge in [0.25, 0.3) is 0 Å². The predicted octanol–water partition coefficient (Wildman–Crippen LogP) is 11.1. The zero-order chi connectivity index (χ0) is 41.9. The Bertz CT molecular complexity index is 2740. The van der Waals surface area contributed by atoms with Gasteiger partial charge >= 0.3 is 382 Å². The molecule has 2 aliphatic carbocycles. The van der Waals surface area contributed by atoms with Crippen LogP contribution in [0.4, 0.5) is 0 Å². The van der Waals surface area contributed by atoms with E-state index >= 15 is 0 Å². The molecule has 0 amide bonds. The largest absolute Gasteiger partial charge is 1.00 e. The molecule has 2 aliphatic rings. The van der Waals surface area contributed by atoms with Crippen LogP contribution in [-0.2, 0) is 30.0 Å². The van der Waals surface area contributed by atoms with Crippen molar-refractivity contribution in [2.45, 2.75) is 60.8 Å². The fourth-order valence-electron chi connectivity index (χ4n) is 9.06. The number of fused-ring (bicyclic) bond motifs is 2. The van der Waals surface area contributed by atoms with Gasteiger partial charge in [-0.05, 0) is 0 Å². The molecule has 312 valence electrons. The van der Waals surface area contributed by atoms with Crippen molar-refractivity contribution in [1.29, 1.82) is 0 Å². The van der Waals surface area contributed by atoms with Crippen LogP contribution in [0.5, 0.6) is 0 Å². The van der Waals surface area contributed by atoms with Gasteiger partial charge in [-0.3, -0.25) is 0 Å². The van der Waals surface area contributed by atoms with Crippen molar-refractivity contribution in [2.75, 3.05) is 0 Å². The maximum atomic E-state index is 2.57. The Kier molecular flexibility index (Phi) is 13.0. The molecule has 2 unspecified atom stereocenters. The SMILES string of the molecule is CC(C)(C)c1ccc(-c2cccc3c2C=C(c2ccc(-c4ccccc4)s2)[CH]3[Ti+2][CH]2C(c3ccc(-c4ccccc4)s3)=Cc3c(-c4ccc(C(C)(C)C)cc4)cccc32)cc1.[Cl-].[Cl-]. The molecule has 2 aromatic heterocycles. The molecular formula is C58H50Cl2S2Ti. The Morgan fingerprint density at radius 3 is 1.10 bits per heavy atom. The number of hydrogen-bond donors (Lipinski definition) is 0. The minimum Gasteiger partial charge on any atom is -1.00 e. The van der Waals surface area contributed by atoms with Crippen LogP contribution in [0.1, 0.15) is 93.1 Å². The van der Waals surface area contributed by atoms with E-state index in [2.05, 4.69) is 224 Å². The molecule has 8 aromatic rings. The van der Waals surface area contributed by atoms with Gasteiger partial charge < -0.3 is 24.8 Å². The van der Waals surface area contributed by atoms with Gasteiger partial charge in [-0.2, -0.15) is 0 Å². The number of allylic oxidation sites excluding steroid dienone is 2. The van der Waals surface area contributed by atoms with E-state index in [9.17, 15) is 0 Å². The first kappa shape index (κ1) is 45.1. The van der Waals surface area contributed by atoms with E-state index in [-0.39, 0.29) is 35.6 Å². The molecule has 0 radical (unpaired) electrons. The van der Waals surface area contributed by atoms with Gasteiger partial charge in [0.05, 0.1) is 0 Å². The van der Waals surface area contributed by atoms with Crippen molar-refractivity contribution in [3.63, 3.8) is 0 Å². The topological polar surface area (TPSA) is 0 Å². The van der Waals surface area contributed by atoms with E-state index in [0.29, 0.717) is 8.45 Å². The van der Waals surface area contributed by atoms with E-state index < -0.39 is 19.2 Å². The zero-order valence-electron chi connectivity index (χ0n) is 36.5. The molecule has 2 atom stereocenters. The Morgan fingerprint density at radius 2 is 0.730 bits per heavy atom. The quantitative estimate of drug-likeness (QED) is 0.133. The van der Waals surface area contributed by atoms with Crippen molar-refractivity contribution in [2.24, 2.45) is 0 Å². The van der Waals surface area contributed by atoms with Crippen LogP contribution in [0.2, 0.25) is 0 Å². The van der Waals surface area contributed by atoms with E-state index in [1.54, 1.807) is 0 Å². The molecule has 0 nitrogen and oxygen atoms in total. The molecule has 0 fully saturated rings. The van der Waals surface area contributed by atoms with Gasteiger partial charge in [-0.25, -0.2) is 0 Å². The average Bonchev–Trinajstić information content (AvgIpc) is 4.10. The molecule has 0 N–H and O–H groups in total. The summed E-state index contributed by atoms with van der Waals surface area (Å²) in [6, 6.07) is 64.1. The second-order valence-electron chi connectivity index (χ2n) is 18.6. The third-order valence-corrected chi connectivity index (χ3v) is 17.8. The van der Waals surface area contributed by atoms with Crippen LogP contribution in [0.25, 0.3) is 66.4 Å². The monoisotopic (exact) mass is 928 g/mol. The van der Waals surface area contributed by atoms with Crippen LogP contribution in [-0.4, -0.2) is 0 Å². The number of halogens is 2. The van der Waals surface area contributed by atoms with E-state index in [1.807, 2.05) is 22.7 Å². The summed E-state index contributed by atoms with van der Waals surface area (Å²) in [4.78, 5) is 5.42. The Morgan fingerprint density at radius 1 is 0.365 bits per heavy atom. The summed E-state index contributed by atoms with van der Waals surface area (Å²) < 4.78 is 0.683. The fraction of sp³-hybridized carbons (Fsp3) is 0.172. The Labute approximate surface area is 403 Å². The summed E-state index contributed by atoms with van der Waals surface area (Å²) >= 11 is 3.18. The molecule has 0 spiro atoms. The first-order valence-electron chi connectivity index (χ1n) is 21.5. The minimum atomic E-state index is -0.719. The van der Waals surface area contributed by atoms with E-state index in [4.69, 9.17) is 0 Å². The van der Waals surface area contributed by atoms with Crippen molar-refractivity contribution >= 4 is 46.0 Å². The predicted molar refractivity (Wildman–Crippen MR) is 262 cm³/mol. The Hall–Kier alpha value is -4.51. The van der Waals surface area contributed by atoms with E-state index in [1.165, 1.54) is 97.4 Å². The summed E-state index contributed by atoms with van der Waals surface area (Å²) in [6.07, 6.45) is 5.14. The normalized spacial score (nSPS) is 15.3. The van der Waals surface area contributed by atoms with Crippen LogP contribution < -0.4 is 24.8 Å². The van der Waals surface area contributed by atoms with Crippen molar-refractivity contribution in [3.8, 4) is 43.1 Å². The van der Waals surface area contributed by atoms with Gasteiger partial charge in [0.15, 0.2) is 0 Å². The molecule has 0 saturated heterocycles. The first-order chi connectivity index (χ1) is 29.5. The minimum absolute atomic E-state index is 0. The van der Waals surface area contributed by atoms with Gasteiger partial charge in [0.1, 0.15) is 0 Å². The number of hydrogen-bond acceptors (Lipinski definition) is 2. The smallest absolute Gasteiger partial charge is 1.00 e. The second-order valence-corrected chi connectivity index (χ2v) is 23.1. The third-order valence-electron chi connectivity index (χ3n) is 12.5. The van der Waals surface area contributed by atoms with Crippen molar-refractivity contribution < 1.29 is 44.0 Å². The maximum Gasteiger partial charge on any atom is -1.00 e. The van der Waals surface area contributed by atoms with Gasteiger partial charge in [-0.15, -0.1) is 0 Å². The average molecular weight is 930 g/mol. The molecule has 63 heavy (non-hydrogen) atoms.